The number of phenols is 1. The van der Waals surface area contributed by atoms with Gasteiger partial charge in [-0.2, -0.15) is 0 Å². The number of aliphatic hydroxyl groups is 7. The quantitative estimate of drug-likeness (QED) is 0.112. The molecule has 16 heteroatoms. The maximum Gasteiger partial charge on any atom is 0.346 e. The van der Waals surface area contributed by atoms with Gasteiger partial charge >= 0.3 is 11.9 Å². The first-order valence-electron chi connectivity index (χ1n) is 15.1. The third-order valence-corrected chi connectivity index (χ3v) is 7.93. The average molecular weight is 689 g/mol. The Morgan fingerprint density at radius 3 is 1.86 bits per heavy atom. The van der Waals surface area contributed by atoms with E-state index >= 15 is 0 Å². The normalized spacial score (nSPS) is 29.9. The highest BCUT2D eigenvalue weighted by Crippen LogP contribution is 2.33. The van der Waals surface area contributed by atoms with Gasteiger partial charge in [0.05, 0.1) is 12.2 Å². The lowest BCUT2D eigenvalue weighted by Gasteiger charge is -2.40. The molecule has 0 spiro atoms. The van der Waals surface area contributed by atoms with E-state index in [2.05, 4.69) is 0 Å². The molecule has 0 saturated carbocycles. The number of para-hydroxylation sites is 1. The summed E-state index contributed by atoms with van der Waals surface area (Å²) in [6.07, 6.45) is -16.1. The Balaban J connectivity index is 1.26. The zero-order valence-electron chi connectivity index (χ0n) is 25.7. The van der Waals surface area contributed by atoms with Crippen molar-refractivity contribution in [1.82, 2.24) is 0 Å². The summed E-state index contributed by atoms with van der Waals surface area (Å²) in [4.78, 5) is 25.7. The van der Waals surface area contributed by atoms with E-state index in [-0.39, 0.29) is 22.6 Å². The minimum absolute atomic E-state index is 0.0543. The summed E-state index contributed by atoms with van der Waals surface area (Å²) in [5, 5.41) is 82.1. The molecule has 0 aliphatic carbocycles. The van der Waals surface area contributed by atoms with Gasteiger partial charge in [-0.3, -0.25) is 0 Å². The van der Waals surface area contributed by atoms with Crippen LogP contribution < -0.4 is 9.47 Å². The van der Waals surface area contributed by atoms with Crippen LogP contribution in [0.2, 0.25) is 0 Å². The van der Waals surface area contributed by atoms with Crippen molar-refractivity contribution < 1.29 is 78.9 Å². The molecule has 8 N–H and O–H groups in total. The van der Waals surface area contributed by atoms with Crippen molar-refractivity contribution in [2.24, 2.45) is 0 Å². The van der Waals surface area contributed by atoms with Gasteiger partial charge in [-0.05, 0) is 30.3 Å². The molecule has 0 unspecified atom stereocenters. The summed E-state index contributed by atoms with van der Waals surface area (Å²) in [7, 11) is 0. The molecule has 2 heterocycles. The van der Waals surface area contributed by atoms with Gasteiger partial charge in [0.2, 0.25) is 12.6 Å². The number of carbonyl (C=O) groups excluding carboxylic acids is 2. The van der Waals surface area contributed by atoms with E-state index in [0.29, 0.717) is 0 Å². The van der Waals surface area contributed by atoms with Gasteiger partial charge in [0.1, 0.15) is 84.9 Å². The van der Waals surface area contributed by atoms with E-state index in [0.717, 1.165) is 0 Å². The second-order valence-corrected chi connectivity index (χ2v) is 11.2. The molecule has 2 aliphatic rings. The lowest BCUT2D eigenvalue weighted by atomic mass is 9.99. The summed E-state index contributed by atoms with van der Waals surface area (Å²) in [5.41, 5.74) is -0.00722. The van der Waals surface area contributed by atoms with Crippen molar-refractivity contribution in [2.75, 3.05) is 13.2 Å². The van der Waals surface area contributed by atoms with Crippen LogP contribution in [-0.2, 0) is 25.6 Å². The zero-order valence-corrected chi connectivity index (χ0v) is 25.7. The minimum Gasteiger partial charge on any atom is -0.507 e. The van der Waals surface area contributed by atoms with Crippen LogP contribution in [0.3, 0.4) is 0 Å². The molecular weight excluding hydrogens is 652 g/mol. The molecule has 264 valence electrons. The summed E-state index contributed by atoms with van der Waals surface area (Å²) in [6, 6.07) is 17.9. The molecule has 3 aromatic carbocycles. The van der Waals surface area contributed by atoms with E-state index in [1.807, 2.05) is 0 Å². The summed E-state index contributed by atoms with van der Waals surface area (Å²) in [5.74, 6) is -2.68. The van der Waals surface area contributed by atoms with Gasteiger partial charge in [-0.15, -0.1) is 0 Å². The van der Waals surface area contributed by atoms with Crippen LogP contribution in [0.25, 0.3) is 0 Å². The Bertz CT molecular complexity index is 1570. The Kier molecular flexibility index (Phi) is 11.7. The van der Waals surface area contributed by atoms with Gasteiger partial charge in [0.15, 0.2) is 0 Å². The van der Waals surface area contributed by atoms with Crippen LogP contribution >= 0.6 is 0 Å². The Morgan fingerprint density at radius 2 is 1.18 bits per heavy atom. The molecule has 5 rings (SSSR count). The predicted molar refractivity (Wildman–Crippen MR) is 162 cm³/mol. The van der Waals surface area contributed by atoms with Crippen molar-refractivity contribution in [3.8, 4) is 17.2 Å². The third kappa shape index (κ3) is 8.10. The molecule has 16 nitrogen and oxygen atoms in total. The monoisotopic (exact) mass is 688 g/mol. The molecule has 0 amide bonds. The molecule has 0 bridgehead atoms. The van der Waals surface area contributed by atoms with Crippen LogP contribution in [0.1, 0.15) is 26.3 Å². The Morgan fingerprint density at radius 1 is 0.612 bits per heavy atom. The molecule has 49 heavy (non-hydrogen) atoms. The number of aromatic hydroxyl groups is 1. The van der Waals surface area contributed by atoms with Crippen LogP contribution in [0.5, 0.6) is 17.2 Å². The second kappa shape index (κ2) is 15.9. The number of phenolic OH excluding ortho intramolecular Hbond substituents is 1. The first-order chi connectivity index (χ1) is 23.5. The van der Waals surface area contributed by atoms with Crippen molar-refractivity contribution in [2.45, 2.75) is 68.0 Å². The van der Waals surface area contributed by atoms with Gasteiger partial charge in [-0.25, -0.2) is 9.59 Å². The van der Waals surface area contributed by atoms with E-state index < -0.39 is 104 Å². The van der Waals surface area contributed by atoms with Crippen molar-refractivity contribution in [1.29, 1.82) is 0 Å². The van der Waals surface area contributed by atoms with E-state index in [1.54, 1.807) is 30.3 Å². The fourth-order valence-corrected chi connectivity index (χ4v) is 5.16. The van der Waals surface area contributed by atoms with Gasteiger partial charge in [0, 0.05) is 5.56 Å². The molecule has 0 radical (unpaired) electrons. The average Bonchev–Trinajstić information content (AvgIpc) is 3.11. The van der Waals surface area contributed by atoms with Crippen LogP contribution in [-0.4, -0.2) is 127 Å². The number of hydrogen-bond donors (Lipinski definition) is 8. The highest BCUT2D eigenvalue weighted by atomic mass is 16.7. The largest absolute Gasteiger partial charge is 0.507 e. The van der Waals surface area contributed by atoms with Crippen LogP contribution in [0.15, 0.2) is 72.8 Å². The lowest BCUT2D eigenvalue weighted by Crippen LogP contribution is -2.60. The second-order valence-electron chi connectivity index (χ2n) is 11.2. The van der Waals surface area contributed by atoms with E-state index in [4.69, 9.17) is 28.4 Å². The molecular formula is C33H36O16. The highest BCUT2D eigenvalue weighted by molar-refractivity contribution is 5.95. The minimum atomic E-state index is -1.84. The number of hydrogen-bond acceptors (Lipinski definition) is 16. The summed E-state index contributed by atoms with van der Waals surface area (Å²) < 4.78 is 33.0. The topological polar surface area (TPSA) is 251 Å². The molecule has 2 fully saturated rings. The van der Waals surface area contributed by atoms with E-state index in [1.165, 1.54) is 42.5 Å². The zero-order chi connectivity index (χ0) is 35.2. The first kappa shape index (κ1) is 35.9. The van der Waals surface area contributed by atoms with Gasteiger partial charge < -0.3 is 69.3 Å². The maximum atomic E-state index is 13.3. The van der Waals surface area contributed by atoms with Crippen LogP contribution in [0.4, 0.5) is 0 Å². The summed E-state index contributed by atoms with van der Waals surface area (Å²) >= 11 is 0. The number of carbonyl (C=O) groups is 2. The van der Waals surface area contributed by atoms with Gasteiger partial charge in [-0.1, -0.05) is 42.5 Å². The number of aliphatic hydroxyl groups excluding tert-OH is 7. The Hall–Kier alpha value is -4.36. The van der Waals surface area contributed by atoms with Crippen molar-refractivity contribution >= 4 is 11.9 Å². The van der Waals surface area contributed by atoms with Crippen molar-refractivity contribution in [3.63, 3.8) is 0 Å². The molecule has 2 aliphatic heterocycles. The molecule has 10 atom stereocenters. The predicted octanol–water partition coefficient (Wildman–Crippen LogP) is -1.03. The highest BCUT2D eigenvalue weighted by Gasteiger charge is 2.47. The third-order valence-electron chi connectivity index (χ3n) is 7.93. The first-order valence-corrected chi connectivity index (χ1v) is 15.1. The van der Waals surface area contributed by atoms with E-state index in [9.17, 15) is 50.4 Å². The molecule has 3 aromatic rings. The van der Waals surface area contributed by atoms with Crippen LogP contribution in [0, 0.1) is 0 Å². The van der Waals surface area contributed by atoms with Gasteiger partial charge in [0.25, 0.3) is 0 Å². The van der Waals surface area contributed by atoms with Crippen molar-refractivity contribution in [3.05, 3.63) is 89.5 Å². The number of benzene rings is 3. The maximum absolute atomic E-state index is 13.3. The fraction of sp³-hybridized carbons (Fsp3) is 0.394. The fourth-order valence-electron chi connectivity index (χ4n) is 5.16. The SMILES string of the molecule is O=C(OC[C@H]1O[C@@H](Oc2cccc(O)c2C(=O)OCc2ccccc2O[C@H]2O[C@@H](CO)[C@H](O)[C@@H](O)[C@@H]2O)[C@H](O)[C@@H](O)[C@@H]1O)c1ccccc1. The molecule has 0 aromatic heterocycles. The smallest absolute Gasteiger partial charge is 0.346 e. The Labute approximate surface area is 278 Å². The summed E-state index contributed by atoms with van der Waals surface area (Å²) in [6.45, 7) is -1.65. The number of ether oxygens (including phenoxy) is 6. The standard InChI is InChI=1S/C33H36O16/c34-13-21-24(36)26(38)28(40)32(48-21)46-19-11-5-4-9-17(19)14-44-31(43)23-18(35)10-6-12-20(23)47-33-29(41)27(39)25(37)22(49-33)15-45-30(42)16-7-2-1-3-8-16/h1-12,21-22,24-29,32-41H,13-15H2/t21-,22+,24-,25+,26+,27-,28-,29+,32-,33+/m0/s1. The lowest BCUT2D eigenvalue weighted by molar-refractivity contribution is -0.277. The number of rotatable bonds is 11. The number of esters is 2. The molecule has 2 saturated heterocycles.